The SMILES string of the molecule is CCOc1cccc(-c2nc(C)c(CCN)c(C)n2)c1. The Morgan fingerprint density at radius 1 is 1.15 bits per heavy atom. The Morgan fingerprint density at radius 3 is 2.45 bits per heavy atom. The number of nitrogens with two attached hydrogens (primary N) is 1. The smallest absolute Gasteiger partial charge is 0.159 e. The van der Waals surface area contributed by atoms with Crippen LogP contribution in [-0.2, 0) is 6.42 Å². The molecule has 4 heteroatoms. The van der Waals surface area contributed by atoms with Gasteiger partial charge in [0.05, 0.1) is 6.61 Å². The minimum absolute atomic E-state index is 0.615. The molecule has 2 aromatic rings. The zero-order valence-electron chi connectivity index (χ0n) is 12.3. The van der Waals surface area contributed by atoms with Gasteiger partial charge in [-0.15, -0.1) is 0 Å². The Balaban J connectivity index is 2.40. The topological polar surface area (TPSA) is 61.0 Å². The molecular formula is C16H21N3O. The van der Waals surface area contributed by atoms with Crippen LogP contribution in [0.3, 0.4) is 0 Å². The van der Waals surface area contributed by atoms with Gasteiger partial charge in [-0.1, -0.05) is 12.1 Å². The second-order valence-corrected chi connectivity index (χ2v) is 4.70. The Labute approximate surface area is 120 Å². The molecule has 1 heterocycles. The van der Waals surface area contributed by atoms with Crippen molar-refractivity contribution in [1.82, 2.24) is 9.97 Å². The molecule has 0 aliphatic heterocycles. The van der Waals surface area contributed by atoms with Crippen LogP contribution in [0.2, 0.25) is 0 Å². The second-order valence-electron chi connectivity index (χ2n) is 4.70. The summed E-state index contributed by atoms with van der Waals surface area (Å²) in [6.45, 7) is 7.26. The fourth-order valence-corrected chi connectivity index (χ4v) is 2.27. The fourth-order valence-electron chi connectivity index (χ4n) is 2.27. The van der Waals surface area contributed by atoms with Crippen molar-refractivity contribution in [3.8, 4) is 17.1 Å². The number of nitrogens with zero attached hydrogens (tertiary/aromatic N) is 2. The molecule has 0 bridgehead atoms. The second kappa shape index (κ2) is 6.48. The van der Waals surface area contributed by atoms with Crippen LogP contribution in [0.5, 0.6) is 5.75 Å². The van der Waals surface area contributed by atoms with Crippen LogP contribution in [-0.4, -0.2) is 23.1 Å². The predicted octanol–water partition coefficient (Wildman–Crippen LogP) is 2.66. The number of ether oxygens (including phenoxy) is 1. The number of benzene rings is 1. The molecule has 1 aromatic heterocycles. The summed E-state index contributed by atoms with van der Waals surface area (Å²) < 4.78 is 5.52. The Hall–Kier alpha value is -1.94. The highest BCUT2D eigenvalue weighted by Crippen LogP contribution is 2.23. The molecule has 1 aromatic carbocycles. The van der Waals surface area contributed by atoms with Gasteiger partial charge < -0.3 is 10.5 Å². The fraction of sp³-hybridized carbons (Fsp3) is 0.375. The first kappa shape index (κ1) is 14.5. The van der Waals surface area contributed by atoms with Crippen molar-refractivity contribution in [1.29, 1.82) is 0 Å². The van der Waals surface area contributed by atoms with E-state index >= 15 is 0 Å². The summed E-state index contributed by atoms with van der Waals surface area (Å²) in [7, 11) is 0. The molecule has 0 radical (unpaired) electrons. The van der Waals surface area contributed by atoms with Crippen molar-refractivity contribution < 1.29 is 4.74 Å². The van der Waals surface area contributed by atoms with Crippen molar-refractivity contribution in [3.05, 3.63) is 41.2 Å². The minimum Gasteiger partial charge on any atom is -0.494 e. The summed E-state index contributed by atoms with van der Waals surface area (Å²) in [5, 5.41) is 0. The average Bonchev–Trinajstić information content (AvgIpc) is 2.43. The first-order valence-corrected chi connectivity index (χ1v) is 6.93. The molecule has 106 valence electrons. The lowest BCUT2D eigenvalue weighted by Gasteiger charge is -2.11. The Bertz CT molecular complexity index is 573. The summed E-state index contributed by atoms with van der Waals surface area (Å²) in [6, 6.07) is 7.87. The van der Waals surface area contributed by atoms with Gasteiger partial charge in [0.15, 0.2) is 5.82 Å². The molecule has 0 atom stereocenters. The third-order valence-corrected chi connectivity index (χ3v) is 3.22. The van der Waals surface area contributed by atoms with Crippen molar-refractivity contribution in [2.45, 2.75) is 27.2 Å². The van der Waals surface area contributed by atoms with E-state index in [4.69, 9.17) is 10.5 Å². The lowest BCUT2D eigenvalue weighted by atomic mass is 10.1. The molecule has 0 spiro atoms. The summed E-state index contributed by atoms with van der Waals surface area (Å²) in [5.74, 6) is 1.58. The molecule has 0 saturated carbocycles. The van der Waals surface area contributed by atoms with Crippen molar-refractivity contribution in [3.63, 3.8) is 0 Å². The molecule has 0 amide bonds. The van der Waals surface area contributed by atoms with E-state index in [1.54, 1.807) is 0 Å². The number of hydrogen-bond acceptors (Lipinski definition) is 4. The largest absolute Gasteiger partial charge is 0.494 e. The summed E-state index contributed by atoms with van der Waals surface area (Å²) in [6.07, 6.45) is 0.816. The van der Waals surface area contributed by atoms with Gasteiger partial charge in [-0.2, -0.15) is 0 Å². The monoisotopic (exact) mass is 271 g/mol. The molecule has 20 heavy (non-hydrogen) atoms. The van der Waals surface area contributed by atoms with Crippen LogP contribution >= 0.6 is 0 Å². The highest BCUT2D eigenvalue weighted by molar-refractivity contribution is 5.58. The van der Waals surface area contributed by atoms with Crippen LogP contribution in [0, 0.1) is 13.8 Å². The van der Waals surface area contributed by atoms with Gasteiger partial charge >= 0.3 is 0 Å². The number of hydrogen-bond donors (Lipinski definition) is 1. The van der Waals surface area contributed by atoms with Crippen LogP contribution < -0.4 is 10.5 Å². The maximum Gasteiger partial charge on any atom is 0.159 e. The number of rotatable bonds is 5. The zero-order chi connectivity index (χ0) is 14.5. The lowest BCUT2D eigenvalue weighted by Crippen LogP contribution is -2.09. The standard InChI is InChI=1S/C16H21N3O/c1-4-20-14-7-5-6-13(10-14)16-18-11(2)15(8-9-17)12(3)19-16/h5-7,10H,4,8-9,17H2,1-3H3. The van der Waals surface area contributed by atoms with E-state index in [1.165, 1.54) is 0 Å². The predicted molar refractivity (Wildman–Crippen MR) is 80.9 cm³/mol. The molecular weight excluding hydrogens is 250 g/mol. The number of aryl methyl sites for hydroxylation is 2. The van der Waals surface area contributed by atoms with Gasteiger partial charge in [0.25, 0.3) is 0 Å². The third-order valence-electron chi connectivity index (χ3n) is 3.22. The first-order valence-electron chi connectivity index (χ1n) is 6.93. The van der Waals surface area contributed by atoms with Gasteiger partial charge in [-0.3, -0.25) is 0 Å². The summed E-state index contributed by atoms with van der Waals surface area (Å²) in [4.78, 5) is 9.20. The van der Waals surface area contributed by atoms with Crippen molar-refractivity contribution in [2.24, 2.45) is 5.73 Å². The van der Waals surface area contributed by atoms with Crippen molar-refractivity contribution >= 4 is 0 Å². The average molecular weight is 271 g/mol. The maximum absolute atomic E-state index is 5.63. The van der Waals surface area contributed by atoms with E-state index in [0.717, 1.165) is 40.5 Å². The van der Waals surface area contributed by atoms with Crippen LogP contribution in [0.4, 0.5) is 0 Å². The Morgan fingerprint density at radius 2 is 1.85 bits per heavy atom. The lowest BCUT2D eigenvalue weighted by molar-refractivity contribution is 0.340. The van der Waals surface area contributed by atoms with Crippen molar-refractivity contribution in [2.75, 3.05) is 13.2 Å². The van der Waals surface area contributed by atoms with Gasteiger partial charge in [0.1, 0.15) is 5.75 Å². The molecule has 0 aliphatic carbocycles. The highest BCUT2D eigenvalue weighted by atomic mass is 16.5. The summed E-state index contributed by atoms with van der Waals surface area (Å²) >= 11 is 0. The molecule has 2 N–H and O–H groups in total. The van der Waals surface area contributed by atoms with Crippen LogP contribution in [0.1, 0.15) is 23.9 Å². The van der Waals surface area contributed by atoms with Crippen LogP contribution in [0.25, 0.3) is 11.4 Å². The van der Waals surface area contributed by atoms with E-state index in [9.17, 15) is 0 Å². The maximum atomic E-state index is 5.63. The van der Waals surface area contributed by atoms with Crippen LogP contribution in [0.15, 0.2) is 24.3 Å². The van der Waals surface area contributed by atoms with Gasteiger partial charge in [-0.25, -0.2) is 9.97 Å². The van der Waals surface area contributed by atoms with E-state index in [2.05, 4.69) is 9.97 Å². The third kappa shape index (κ3) is 3.14. The first-order chi connectivity index (χ1) is 9.65. The molecule has 0 aliphatic rings. The molecule has 0 saturated heterocycles. The van der Waals surface area contributed by atoms with Gasteiger partial charge in [0, 0.05) is 17.0 Å². The minimum atomic E-state index is 0.615. The van der Waals surface area contributed by atoms with Gasteiger partial charge in [0.2, 0.25) is 0 Å². The highest BCUT2D eigenvalue weighted by Gasteiger charge is 2.10. The number of aromatic nitrogens is 2. The van der Waals surface area contributed by atoms with E-state index in [1.807, 2.05) is 45.0 Å². The molecule has 0 unspecified atom stereocenters. The molecule has 4 nitrogen and oxygen atoms in total. The Kier molecular flexibility index (Phi) is 4.69. The summed E-state index contributed by atoms with van der Waals surface area (Å²) in [5.41, 5.74) is 9.75. The molecule has 2 rings (SSSR count). The van der Waals surface area contributed by atoms with Gasteiger partial charge in [-0.05, 0) is 51.4 Å². The van der Waals surface area contributed by atoms with E-state index < -0.39 is 0 Å². The van der Waals surface area contributed by atoms with E-state index in [0.29, 0.717) is 13.2 Å². The van der Waals surface area contributed by atoms with E-state index in [-0.39, 0.29) is 0 Å². The quantitative estimate of drug-likeness (QED) is 0.908. The normalized spacial score (nSPS) is 10.6. The molecule has 0 fully saturated rings. The zero-order valence-corrected chi connectivity index (χ0v) is 12.3.